The zero-order valence-electron chi connectivity index (χ0n) is 14.3. The molecule has 0 saturated carbocycles. The number of hydrogen-bond donors (Lipinski definition) is 3. The van der Waals surface area contributed by atoms with Crippen LogP contribution in [0.2, 0.25) is 0 Å². The molecule has 1 rings (SSSR count). The number of hydrogen-bond acceptors (Lipinski definition) is 2. The highest BCUT2D eigenvalue weighted by molar-refractivity contribution is 14.0. The van der Waals surface area contributed by atoms with Crippen molar-refractivity contribution in [1.29, 1.82) is 0 Å². The van der Waals surface area contributed by atoms with E-state index in [1.54, 1.807) is 19.2 Å². The number of nitrogens with one attached hydrogen (secondary N) is 3. The highest BCUT2D eigenvalue weighted by atomic mass is 127. The van der Waals surface area contributed by atoms with Crippen molar-refractivity contribution < 1.29 is 4.79 Å². The van der Waals surface area contributed by atoms with E-state index in [-0.39, 0.29) is 29.9 Å². The molecule has 0 heterocycles. The quantitative estimate of drug-likeness (QED) is 0.256. The van der Waals surface area contributed by atoms with Gasteiger partial charge in [0.25, 0.3) is 5.91 Å². The van der Waals surface area contributed by atoms with E-state index in [1.165, 1.54) is 6.42 Å². The molecule has 0 aliphatic carbocycles. The van der Waals surface area contributed by atoms with Crippen molar-refractivity contribution in [2.45, 2.75) is 26.7 Å². The van der Waals surface area contributed by atoms with Crippen LogP contribution in [0.15, 0.2) is 35.3 Å². The Labute approximate surface area is 156 Å². The van der Waals surface area contributed by atoms with Crippen molar-refractivity contribution in [3.63, 3.8) is 0 Å². The van der Waals surface area contributed by atoms with Crippen LogP contribution >= 0.6 is 24.0 Å². The van der Waals surface area contributed by atoms with Gasteiger partial charge in [-0.15, -0.1) is 24.0 Å². The van der Waals surface area contributed by atoms with Gasteiger partial charge in [-0.3, -0.25) is 9.79 Å². The lowest BCUT2D eigenvalue weighted by Crippen LogP contribution is -2.41. The smallest absolute Gasteiger partial charge is 0.251 e. The van der Waals surface area contributed by atoms with Gasteiger partial charge >= 0.3 is 0 Å². The van der Waals surface area contributed by atoms with Gasteiger partial charge in [0.2, 0.25) is 0 Å². The Balaban J connectivity index is 0.00000484. The Morgan fingerprint density at radius 1 is 1.04 bits per heavy atom. The summed E-state index contributed by atoms with van der Waals surface area (Å²) in [7, 11) is 1.75. The summed E-state index contributed by atoms with van der Waals surface area (Å²) < 4.78 is 0. The summed E-state index contributed by atoms with van der Waals surface area (Å²) in [6.45, 7) is 6.56. The van der Waals surface area contributed by atoms with Gasteiger partial charge in [0, 0.05) is 32.2 Å². The van der Waals surface area contributed by atoms with E-state index in [1.807, 2.05) is 18.2 Å². The number of rotatable bonds is 8. The van der Waals surface area contributed by atoms with Gasteiger partial charge in [0.05, 0.1) is 0 Å². The fraction of sp³-hybridized carbons (Fsp3) is 0.529. The van der Waals surface area contributed by atoms with Crippen LogP contribution < -0.4 is 16.0 Å². The summed E-state index contributed by atoms with van der Waals surface area (Å²) in [5, 5.41) is 9.34. The first-order chi connectivity index (χ1) is 10.6. The lowest BCUT2D eigenvalue weighted by atomic mass is 10.1. The van der Waals surface area contributed by atoms with Crippen LogP contribution in [0.1, 0.15) is 37.0 Å². The second-order valence-corrected chi connectivity index (χ2v) is 5.58. The topological polar surface area (TPSA) is 65.5 Å². The molecule has 0 atom stereocenters. The number of carbonyl (C=O) groups is 1. The molecule has 1 aromatic rings. The third-order valence-electron chi connectivity index (χ3n) is 3.21. The number of nitrogens with zero attached hydrogens (tertiary/aromatic N) is 1. The van der Waals surface area contributed by atoms with Gasteiger partial charge in [-0.25, -0.2) is 0 Å². The zero-order chi connectivity index (χ0) is 16.2. The monoisotopic (exact) mass is 432 g/mol. The average Bonchev–Trinajstić information content (AvgIpc) is 2.53. The second kappa shape index (κ2) is 13.2. The summed E-state index contributed by atoms with van der Waals surface area (Å²) in [6, 6.07) is 9.22. The van der Waals surface area contributed by atoms with Crippen LogP contribution in [0.5, 0.6) is 0 Å². The summed E-state index contributed by atoms with van der Waals surface area (Å²) in [5.41, 5.74) is 0.679. The molecule has 23 heavy (non-hydrogen) atoms. The van der Waals surface area contributed by atoms with Crippen molar-refractivity contribution in [1.82, 2.24) is 16.0 Å². The molecule has 0 aliphatic rings. The molecule has 0 saturated heterocycles. The Morgan fingerprint density at radius 2 is 1.65 bits per heavy atom. The Hall–Kier alpha value is -1.31. The first-order valence-corrected chi connectivity index (χ1v) is 7.91. The van der Waals surface area contributed by atoms with E-state index >= 15 is 0 Å². The molecular weight excluding hydrogens is 403 g/mol. The number of aliphatic imine (C=N–C) groups is 1. The third kappa shape index (κ3) is 10.1. The maximum absolute atomic E-state index is 11.8. The molecular formula is C17H29IN4O. The van der Waals surface area contributed by atoms with Crippen LogP contribution in [-0.4, -0.2) is 38.5 Å². The minimum atomic E-state index is -0.0534. The fourth-order valence-electron chi connectivity index (χ4n) is 1.99. The minimum Gasteiger partial charge on any atom is -0.356 e. The van der Waals surface area contributed by atoms with Crippen LogP contribution in [-0.2, 0) is 0 Å². The van der Waals surface area contributed by atoms with E-state index < -0.39 is 0 Å². The number of amides is 1. The molecule has 1 aromatic carbocycles. The minimum absolute atomic E-state index is 0. The summed E-state index contributed by atoms with van der Waals surface area (Å²) in [4.78, 5) is 16.0. The number of halogens is 1. The number of benzene rings is 1. The molecule has 0 radical (unpaired) electrons. The van der Waals surface area contributed by atoms with Gasteiger partial charge in [-0.2, -0.15) is 0 Å². The van der Waals surface area contributed by atoms with Crippen LogP contribution in [0, 0.1) is 5.92 Å². The lowest BCUT2D eigenvalue weighted by molar-refractivity contribution is 0.0954. The lowest BCUT2D eigenvalue weighted by Gasteiger charge is -2.12. The number of carbonyl (C=O) groups excluding carboxylic acids is 1. The van der Waals surface area contributed by atoms with E-state index in [0.717, 1.165) is 24.8 Å². The van der Waals surface area contributed by atoms with E-state index in [0.29, 0.717) is 18.7 Å². The maximum Gasteiger partial charge on any atom is 0.251 e. The van der Waals surface area contributed by atoms with Crippen molar-refractivity contribution in [2.75, 3.05) is 26.7 Å². The molecule has 0 bridgehead atoms. The van der Waals surface area contributed by atoms with Crippen LogP contribution in [0.25, 0.3) is 0 Å². The van der Waals surface area contributed by atoms with E-state index in [2.05, 4.69) is 34.8 Å². The molecule has 0 fully saturated rings. The third-order valence-corrected chi connectivity index (χ3v) is 3.21. The van der Waals surface area contributed by atoms with E-state index in [9.17, 15) is 4.79 Å². The molecule has 5 nitrogen and oxygen atoms in total. The zero-order valence-corrected chi connectivity index (χ0v) is 16.6. The molecule has 0 aliphatic heterocycles. The van der Waals surface area contributed by atoms with Crippen molar-refractivity contribution in [3.8, 4) is 0 Å². The Morgan fingerprint density at radius 3 is 2.26 bits per heavy atom. The van der Waals surface area contributed by atoms with Gasteiger partial charge in [0.1, 0.15) is 0 Å². The first kappa shape index (κ1) is 21.7. The highest BCUT2D eigenvalue weighted by Gasteiger charge is 2.03. The van der Waals surface area contributed by atoms with Gasteiger partial charge < -0.3 is 16.0 Å². The number of guanidine groups is 1. The highest BCUT2D eigenvalue weighted by Crippen LogP contribution is 2.01. The van der Waals surface area contributed by atoms with E-state index in [4.69, 9.17) is 0 Å². The summed E-state index contributed by atoms with van der Waals surface area (Å²) >= 11 is 0. The maximum atomic E-state index is 11.8. The van der Waals surface area contributed by atoms with Crippen molar-refractivity contribution in [2.24, 2.45) is 10.9 Å². The predicted octanol–water partition coefficient (Wildman–Crippen LogP) is 2.64. The first-order valence-electron chi connectivity index (χ1n) is 7.91. The Kier molecular flexibility index (Phi) is 12.4. The van der Waals surface area contributed by atoms with Gasteiger partial charge in [-0.05, 0) is 30.9 Å². The fourth-order valence-corrected chi connectivity index (χ4v) is 1.99. The second-order valence-electron chi connectivity index (χ2n) is 5.58. The van der Waals surface area contributed by atoms with Crippen molar-refractivity contribution >= 4 is 35.8 Å². The summed E-state index contributed by atoms with van der Waals surface area (Å²) in [5.74, 6) is 1.45. The molecule has 0 unspecified atom stereocenters. The van der Waals surface area contributed by atoms with Gasteiger partial charge in [-0.1, -0.05) is 32.0 Å². The molecule has 130 valence electrons. The molecule has 3 N–H and O–H groups in total. The SMILES string of the molecule is CN=C(NCCCC(C)C)NCCNC(=O)c1ccccc1.I. The predicted molar refractivity (Wildman–Crippen MR) is 108 cm³/mol. The van der Waals surface area contributed by atoms with Crippen LogP contribution in [0.3, 0.4) is 0 Å². The molecule has 0 spiro atoms. The standard InChI is InChI=1S/C17H28N4O.HI/c1-14(2)8-7-11-20-17(18-3)21-13-12-19-16(22)15-9-5-4-6-10-15;/h4-6,9-10,14H,7-8,11-13H2,1-3H3,(H,19,22)(H2,18,20,21);1H. The van der Waals surface area contributed by atoms with Gasteiger partial charge in [0.15, 0.2) is 5.96 Å². The Bertz CT molecular complexity index is 463. The molecule has 0 aromatic heterocycles. The molecule has 1 amide bonds. The summed E-state index contributed by atoms with van der Waals surface area (Å²) in [6.07, 6.45) is 2.33. The van der Waals surface area contributed by atoms with Crippen LogP contribution in [0.4, 0.5) is 0 Å². The largest absolute Gasteiger partial charge is 0.356 e. The van der Waals surface area contributed by atoms with Crippen molar-refractivity contribution in [3.05, 3.63) is 35.9 Å². The normalized spacial score (nSPS) is 10.9. The average molecular weight is 432 g/mol. The molecule has 6 heteroatoms.